The van der Waals surface area contributed by atoms with Gasteiger partial charge in [0.15, 0.2) is 11.5 Å². The van der Waals surface area contributed by atoms with Crippen LogP contribution in [0.1, 0.15) is 15.9 Å². The second-order valence-corrected chi connectivity index (χ2v) is 8.48. The number of amides is 1. The second kappa shape index (κ2) is 10.0. The minimum absolute atomic E-state index is 0.0581. The number of carbonyl (C=O) groups excluding carboxylic acids is 1. The molecule has 0 unspecified atom stereocenters. The van der Waals surface area contributed by atoms with Gasteiger partial charge in [0, 0.05) is 23.5 Å². The Balaban J connectivity index is 1.88. The van der Waals surface area contributed by atoms with Gasteiger partial charge in [-0.3, -0.25) is 9.48 Å². The van der Waals surface area contributed by atoms with Crippen molar-refractivity contribution in [1.29, 1.82) is 0 Å². The Morgan fingerprint density at radius 3 is 2.38 bits per heavy atom. The quantitative estimate of drug-likeness (QED) is 0.482. The van der Waals surface area contributed by atoms with Crippen molar-refractivity contribution < 1.29 is 40.6 Å². The zero-order chi connectivity index (χ0) is 24.9. The maximum absolute atomic E-state index is 13.0. The van der Waals surface area contributed by atoms with Gasteiger partial charge in [-0.05, 0) is 30.3 Å². The molecule has 34 heavy (non-hydrogen) atoms. The van der Waals surface area contributed by atoms with Crippen molar-refractivity contribution in [2.45, 2.75) is 17.6 Å². The van der Waals surface area contributed by atoms with E-state index in [-0.39, 0.29) is 11.3 Å². The third-order valence-corrected chi connectivity index (χ3v) is 5.88. The fourth-order valence-electron chi connectivity index (χ4n) is 3.01. The fourth-order valence-corrected chi connectivity index (χ4v) is 4.28. The van der Waals surface area contributed by atoms with Crippen LogP contribution in [0, 0.1) is 0 Å². The van der Waals surface area contributed by atoms with Crippen LogP contribution in [0.25, 0.3) is 0 Å². The number of benzene rings is 2. The van der Waals surface area contributed by atoms with Crippen molar-refractivity contribution in [2.75, 3.05) is 20.8 Å². The first-order valence-corrected chi connectivity index (χ1v) is 11.1. The second-order valence-electron chi connectivity index (χ2n) is 6.86. The van der Waals surface area contributed by atoms with Crippen LogP contribution in [0.2, 0.25) is 0 Å². The van der Waals surface area contributed by atoms with Crippen molar-refractivity contribution in [3.63, 3.8) is 0 Å². The van der Waals surface area contributed by atoms with Crippen LogP contribution in [0.5, 0.6) is 17.2 Å². The van der Waals surface area contributed by atoms with Gasteiger partial charge in [-0.2, -0.15) is 18.3 Å². The molecule has 1 heterocycles. The lowest BCUT2D eigenvalue weighted by atomic mass is 10.1. The lowest BCUT2D eigenvalue weighted by molar-refractivity contribution is -0.153. The topological polar surface area (TPSA) is 109 Å². The van der Waals surface area contributed by atoms with E-state index in [9.17, 15) is 26.4 Å². The van der Waals surface area contributed by atoms with Gasteiger partial charge in [-0.15, -0.1) is 0 Å². The fraction of sp³-hybridized carbons (Fsp3) is 0.238. The molecule has 0 spiro atoms. The van der Waals surface area contributed by atoms with Gasteiger partial charge < -0.3 is 14.2 Å². The Kier molecular flexibility index (Phi) is 7.35. The number of hydrogen-bond donors (Lipinski definition) is 1. The zero-order valence-corrected chi connectivity index (χ0v) is 18.8. The van der Waals surface area contributed by atoms with E-state index in [1.165, 1.54) is 31.4 Å². The van der Waals surface area contributed by atoms with Crippen LogP contribution in [-0.4, -0.2) is 51.1 Å². The highest BCUT2D eigenvalue weighted by Crippen LogP contribution is 2.34. The van der Waals surface area contributed by atoms with Gasteiger partial charge in [-0.1, -0.05) is 12.1 Å². The van der Waals surface area contributed by atoms with Crippen LogP contribution in [0.15, 0.2) is 59.8 Å². The number of carbonyl (C=O) groups is 1. The smallest absolute Gasteiger partial charge is 0.422 e. The van der Waals surface area contributed by atoms with Crippen molar-refractivity contribution in [1.82, 2.24) is 14.5 Å². The number of aromatic nitrogens is 2. The van der Waals surface area contributed by atoms with E-state index in [0.717, 1.165) is 13.2 Å². The normalized spacial score (nSPS) is 11.7. The molecule has 1 N–H and O–H groups in total. The van der Waals surface area contributed by atoms with E-state index in [1.807, 2.05) is 4.72 Å². The number of halogens is 3. The average molecular weight is 499 g/mol. The summed E-state index contributed by atoms with van der Waals surface area (Å²) in [5, 5.41) is 4.09. The summed E-state index contributed by atoms with van der Waals surface area (Å²) in [6, 6.07) is 9.54. The molecule has 1 amide bonds. The van der Waals surface area contributed by atoms with Crippen molar-refractivity contribution in [3.05, 3.63) is 66.0 Å². The van der Waals surface area contributed by atoms with Crippen LogP contribution in [-0.2, 0) is 16.6 Å². The van der Waals surface area contributed by atoms with Crippen LogP contribution in [0.4, 0.5) is 13.2 Å². The summed E-state index contributed by atoms with van der Waals surface area (Å²) >= 11 is 0. The van der Waals surface area contributed by atoms with Gasteiger partial charge >= 0.3 is 6.18 Å². The van der Waals surface area contributed by atoms with Crippen LogP contribution >= 0.6 is 0 Å². The number of nitrogens with zero attached hydrogens (tertiary/aromatic N) is 2. The molecule has 0 aliphatic rings. The molecule has 0 saturated carbocycles. The Morgan fingerprint density at radius 1 is 1.06 bits per heavy atom. The van der Waals surface area contributed by atoms with E-state index in [2.05, 4.69) is 9.84 Å². The molecule has 3 aromatic rings. The van der Waals surface area contributed by atoms with Gasteiger partial charge in [0.1, 0.15) is 17.2 Å². The minimum Gasteiger partial charge on any atom is -0.496 e. The molecular formula is C21H20F3N3O6S. The van der Waals surface area contributed by atoms with Gasteiger partial charge in [0.2, 0.25) is 0 Å². The molecule has 0 aliphatic carbocycles. The summed E-state index contributed by atoms with van der Waals surface area (Å²) in [4.78, 5) is 12.0. The predicted octanol–water partition coefficient (Wildman–Crippen LogP) is 3.01. The number of ether oxygens (including phenoxy) is 3. The van der Waals surface area contributed by atoms with E-state index >= 15 is 0 Å². The molecule has 0 fully saturated rings. The SMILES string of the molecule is COc1cc(C(=O)NS(=O)(=O)c2c(OC)cccc2OCC(F)(F)F)ccc1Cn1cccn1. The number of rotatable bonds is 9. The van der Waals surface area contributed by atoms with Crippen molar-refractivity contribution in [3.8, 4) is 17.2 Å². The van der Waals surface area contributed by atoms with E-state index in [4.69, 9.17) is 9.47 Å². The summed E-state index contributed by atoms with van der Waals surface area (Å²) < 4.78 is 82.2. The highest BCUT2D eigenvalue weighted by Gasteiger charge is 2.32. The predicted molar refractivity (Wildman–Crippen MR) is 114 cm³/mol. The monoisotopic (exact) mass is 499 g/mol. The third kappa shape index (κ3) is 5.98. The molecule has 0 saturated heterocycles. The van der Waals surface area contributed by atoms with Crippen LogP contribution in [0.3, 0.4) is 0 Å². The standard InChI is InChI=1S/C21H20F3N3O6S/c1-31-16-5-3-6-17(33-13-21(22,23)24)19(16)34(29,30)26-20(28)14-7-8-15(18(11-14)32-2)12-27-10-4-9-25-27/h3-11H,12-13H2,1-2H3,(H,26,28). The van der Waals surface area contributed by atoms with Crippen molar-refractivity contribution >= 4 is 15.9 Å². The molecule has 9 nitrogen and oxygen atoms in total. The summed E-state index contributed by atoms with van der Waals surface area (Å²) in [6.07, 6.45) is -1.37. The maximum atomic E-state index is 13.0. The third-order valence-electron chi connectivity index (χ3n) is 4.49. The highest BCUT2D eigenvalue weighted by atomic mass is 32.2. The molecule has 3 rings (SSSR count). The van der Waals surface area contributed by atoms with Gasteiger partial charge in [0.05, 0.1) is 20.8 Å². The first-order chi connectivity index (χ1) is 16.0. The largest absolute Gasteiger partial charge is 0.496 e. The summed E-state index contributed by atoms with van der Waals surface area (Å²) in [7, 11) is -2.17. The van der Waals surface area contributed by atoms with Gasteiger partial charge in [0.25, 0.3) is 15.9 Å². The molecule has 2 aromatic carbocycles. The molecule has 0 aliphatic heterocycles. The first-order valence-electron chi connectivity index (χ1n) is 9.62. The number of sulfonamides is 1. The molecule has 13 heteroatoms. The van der Waals surface area contributed by atoms with Crippen LogP contribution < -0.4 is 18.9 Å². The molecule has 0 atom stereocenters. The summed E-state index contributed by atoms with van der Waals surface area (Å²) in [5.41, 5.74) is 0.621. The Hall–Kier alpha value is -3.74. The van der Waals surface area contributed by atoms with E-state index in [1.54, 1.807) is 29.2 Å². The lowest BCUT2D eigenvalue weighted by Crippen LogP contribution is -2.31. The molecule has 182 valence electrons. The lowest BCUT2D eigenvalue weighted by Gasteiger charge is -2.17. The number of alkyl halides is 3. The Morgan fingerprint density at radius 2 is 1.76 bits per heavy atom. The summed E-state index contributed by atoms with van der Waals surface area (Å²) in [5.74, 6) is -1.64. The minimum atomic E-state index is -4.71. The number of methoxy groups -OCH3 is 2. The molecule has 0 bridgehead atoms. The van der Waals surface area contributed by atoms with Crippen molar-refractivity contribution in [2.24, 2.45) is 0 Å². The maximum Gasteiger partial charge on any atom is 0.422 e. The van der Waals surface area contributed by atoms with Gasteiger partial charge in [-0.25, -0.2) is 13.1 Å². The zero-order valence-electron chi connectivity index (χ0n) is 18.0. The molecular weight excluding hydrogens is 479 g/mol. The van der Waals surface area contributed by atoms with E-state index in [0.29, 0.717) is 17.9 Å². The van der Waals surface area contributed by atoms with E-state index < -0.39 is 39.4 Å². The molecule has 0 radical (unpaired) electrons. The first kappa shape index (κ1) is 24.9. The number of hydrogen-bond acceptors (Lipinski definition) is 7. The average Bonchev–Trinajstić information content (AvgIpc) is 3.29. The summed E-state index contributed by atoms with van der Waals surface area (Å²) in [6.45, 7) is -1.39. The highest BCUT2D eigenvalue weighted by molar-refractivity contribution is 7.90. The number of nitrogens with one attached hydrogen (secondary N) is 1. The molecule has 1 aromatic heterocycles. The Labute approximate surface area is 193 Å². The Bertz CT molecular complexity index is 1260.